The van der Waals surface area contributed by atoms with Crippen molar-refractivity contribution in [3.8, 4) is 16.9 Å². The number of hydrogen-bond donors (Lipinski definition) is 1. The van der Waals surface area contributed by atoms with Crippen LogP contribution in [-0.2, 0) is 0 Å². The average Bonchev–Trinajstić information content (AvgIpc) is 2.55. The third kappa shape index (κ3) is 4.33. The Morgan fingerprint density at radius 2 is 1.48 bits per heavy atom. The molecule has 0 spiro atoms. The van der Waals surface area contributed by atoms with Gasteiger partial charge in [-0.25, -0.2) is 0 Å². The third-order valence-electron chi connectivity index (χ3n) is 3.64. The summed E-state index contributed by atoms with van der Waals surface area (Å²) in [5.74, 6) is 0.922. The highest BCUT2D eigenvalue weighted by atomic mass is 16.5. The van der Waals surface area contributed by atoms with Crippen molar-refractivity contribution in [1.82, 2.24) is 0 Å². The van der Waals surface area contributed by atoms with Gasteiger partial charge in [0.25, 0.3) is 0 Å². The highest BCUT2D eigenvalue weighted by molar-refractivity contribution is 5.64. The van der Waals surface area contributed by atoms with Crippen molar-refractivity contribution >= 4 is 0 Å². The summed E-state index contributed by atoms with van der Waals surface area (Å²) in [5.41, 5.74) is 3.29. The van der Waals surface area contributed by atoms with Crippen LogP contribution in [0.5, 0.6) is 5.75 Å². The zero-order valence-electron chi connectivity index (χ0n) is 12.9. The van der Waals surface area contributed by atoms with Crippen LogP contribution >= 0.6 is 0 Å². The second-order valence-corrected chi connectivity index (χ2v) is 5.27. The summed E-state index contributed by atoms with van der Waals surface area (Å²) in [4.78, 5) is 0. The van der Waals surface area contributed by atoms with Gasteiger partial charge in [0.05, 0.1) is 12.7 Å². The predicted octanol–water partition coefficient (Wildman–Crippen LogP) is 4.98. The largest absolute Gasteiger partial charge is 0.494 e. The van der Waals surface area contributed by atoms with Crippen LogP contribution in [0.2, 0.25) is 0 Å². The summed E-state index contributed by atoms with van der Waals surface area (Å²) in [6, 6.07) is 16.3. The fourth-order valence-corrected chi connectivity index (χ4v) is 2.21. The van der Waals surface area contributed by atoms with Crippen molar-refractivity contribution in [2.24, 2.45) is 0 Å². The molecule has 1 atom stereocenters. The summed E-state index contributed by atoms with van der Waals surface area (Å²) in [6.07, 6.45) is 2.61. The lowest BCUT2D eigenvalue weighted by atomic mass is 10.0. The first-order valence-corrected chi connectivity index (χ1v) is 7.75. The number of rotatable bonds is 7. The summed E-state index contributed by atoms with van der Waals surface area (Å²) in [5, 5.41) is 9.81. The maximum Gasteiger partial charge on any atom is 0.119 e. The first-order valence-electron chi connectivity index (χ1n) is 7.75. The normalized spacial score (nSPS) is 12.1. The lowest BCUT2D eigenvalue weighted by Crippen LogP contribution is -1.96. The van der Waals surface area contributed by atoms with Crippen LogP contribution < -0.4 is 4.74 Å². The molecule has 0 radical (unpaired) electrons. The predicted molar refractivity (Wildman–Crippen MR) is 87.5 cm³/mol. The molecule has 1 N–H and O–H groups in total. The summed E-state index contributed by atoms with van der Waals surface area (Å²) in [6.45, 7) is 4.92. The van der Waals surface area contributed by atoms with E-state index in [-0.39, 0.29) is 6.10 Å². The lowest BCUT2D eigenvalue weighted by molar-refractivity contribution is 0.173. The molecule has 2 heteroatoms. The Bertz CT molecular complexity index is 528. The highest BCUT2D eigenvalue weighted by Crippen LogP contribution is 2.25. The molecular formula is C19H24O2. The Hall–Kier alpha value is -1.80. The van der Waals surface area contributed by atoms with E-state index in [0.29, 0.717) is 0 Å². The monoisotopic (exact) mass is 284 g/mol. The number of ether oxygens (including phenoxy) is 1. The average molecular weight is 284 g/mol. The fraction of sp³-hybridized carbons (Fsp3) is 0.368. The molecule has 0 amide bonds. The van der Waals surface area contributed by atoms with E-state index >= 15 is 0 Å². The maximum atomic E-state index is 9.81. The third-order valence-corrected chi connectivity index (χ3v) is 3.64. The van der Waals surface area contributed by atoms with E-state index < -0.39 is 0 Å². The Balaban J connectivity index is 2.04. The molecule has 0 bridgehead atoms. The first-order chi connectivity index (χ1) is 10.2. The van der Waals surface area contributed by atoms with Crippen LogP contribution in [0.3, 0.4) is 0 Å². The molecule has 0 saturated heterocycles. The van der Waals surface area contributed by atoms with E-state index in [4.69, 9.17) is 4.74 Å². The van der Waals surface area contributed by atoms with Gasteiger partial charge in [-0.3, -0.25) is 0 Å². The van der Waals surface area contributed by atoms with Gasteiger partial charge in [0.15, 0.2) is 0 Å². The van der Waals surface area contributed by atoms with Crippen molar-refractivity contribution in [2.75, 3.05) is 6.61 Å². The molecule has 2 aromatic rings. The zero-order valence-corrected chi connectivity index (χ0v) is 12.9. The van der Waals surface area contributed by atoms with Gasteiger partial charge < -0.3 is 9.84 Å². The van der Waals surface area contributed by atoms with Gasteiger partial charge in [-0.05, 0) is 41.7 Å². The van der Waals surface area contributed by atoms with Gasteiger partial charge in [-0.15, -0.1) is 0 Å². The van der Waals surface area contributed by atoms with Crippen LogP contribution in [0, 0.1) is 0 Å². The van der Waals surface area contributed by atoms with Crippen molar-refractivity contribution in [2.45, 2.75) is 39.2 Å². The minimum atomic E-state index is -0.367. The van der Waals surface area contributed by atoms with Gasteiger partial charge in [0.1, 0.15) is 5.75 Å². The molecule has 1 unspecified atom stereocenters. The lowest BCUT2D eigenvalue weighted by Gasteiger charge is -2.10. The summed E-state index contributed by atoms with van der Waals surface area (Å²) >= 11 is 0. The van der Waals surface area contributed by atoms with Gasteiger partial charge in [-0.2, -0.15) is 0 Å². The Morgan fingerprint density at radius 3 is 2.00 bits per heavy atom. The molecule has 0 aliphatic rings. The number of aliphatic hydroxyl groups excluding tert-OH is 1. The molecule has 0 fully saturated rings. The van der Waals surface area contributed by atoms with Gasteiger partial charge >= 0.3 is 0 Å². The highest BCUT2D eigenvalue weighted by Gasteiger charge is 2.05. The van der Waals surface area contributed by atoms with E-state index in [9.17, 15) is 5.11 Å². The quantitative estimate of drug-likeness (QED) is 0.727. The molecule has 0 heterocycles. The second kappa shape index (κ2) is 7.84. The van der Waals surface area contributed by atoms with Crippen molar-refractivity contribution in [3.63, 3.8) is 0 Å². The van der Waals surface area contributed by atoms with Crippen LogP contribution in [0.25, 0.3) is 11.1 Å². The first kappa shape index (κ1) is 15.6. The van der Waals surface area contributed by atoms with Crippen LogP contribution in [0.1, 0.15) is 44.8 Å². The van der Waals surface area contributed by atoms with Gasteiger partial charge in [-0.1, -0.05) is 56.7 Å². The fourth-order valence-electron chi connectivity index (χ4n) is 2.21. The maximum absolute atomic E-state index is 9.81. The van der Waals surface area contributed by atoms with Crippen molar-refractivity contribution < 1.29 is 9.84 Å². The Labute approximate surface area is 127 Å². The van der Waals surface area contributed by atoms with Crippen LogP contribution in [0.4, 0.5) is 0 Å². The second-order valence-electron chi connectivity index (χ2n) is 5.27. The van der Waals surface area contributed by atoms with Crippen LogP contribution in [0.15, 0.2) is 48.5 Å². The minimum absolute atomic E-state index is 0.367. The molecule has 0 aliphatic carbocycles. The van der Waals surface area contributed by atoms with E-state index in [0.717, 1.165) is 48.3 Å². The minimum Gasteiger partial charge on any atom is -0.494 e. The van der Waals surface area contributed by atoms with Gasteiger partial charge in [0, 0.05) is 0 Å². The molecule has 0 aliphatic heterocycles. The molecule has 2 aromatic carbocycles. The molecular weight excluding hydrogens is 260 g/mol. The van der Waals surface area contributed by atoms with Crippen molar-refractivity contribution in [1.29, 1.82) is 0 Å². The Morgan fingerprint density at radius 1 is 0.905 bits per heavy atom. The SMILES string of the molecule is CCCCOc1ccc(-c2ccc(C(O)CC)cc2)cc1. The smallest absolute Gasteiger partial charge is 0.119 e. The molecule has 2 rings (SSSR count). The topological polar surface area (TPSA) is 29.5 Å². The number of unbranched alkanes of at least 4 members (excludes halogenated alkanes) is 1. The Kier molecular flexibility index (Phi) is 5.82. The van der Waals surface area contributed by atoms with E-state index in [1.54, 1.807) is 0 Å². The molecule has 112 valence electrons. The number of hydrogen-bond acceptors (Lipinski definition) is 2. The molecule has 0 aromatic heterocycles. The van der Waals surface area contributed by atoms with E-state index in [1.165, 1.54) is 0 Å². The molecule has 0 saturated carbocycles. The molecule has 21 heavy (non-hydrogen) atoms. The standard InChI is InChI=1S/C19H24O2/c1-3-5-14-21-18-12-10-16(11-13-18)15-6-8-17(9-7-15)19(20)4-2/h6-13,19-20H,3-5,14H2,1-2H3. The summed E-state index contributed by atoms with van der Waals surface area (Å²) < 4.78 is 5.67. The van der Waals surface area contributed by atoms with Gasteiger partial charge in [0.2, 0.25) is 0 Å². The zero-order chi connectivity index (χ0) is 15.1. The summed E-state index contributed by atoms with van der Waals surface area (Å²) in [7, 11) is 0. The molecule has 2 nitrogen and oxygen atoms in total. The van der Waals surface area contributed by atoms with Crippen LogP contribution in [-0.4, -0.2) is 11.7 Å². The number of aliphatic hydroxyl groups is 1. The van der Waals surface area contributed by atoms with Crippen molar-refractivity contribution in [3.05, 3.63) is 54.1 Å². The van der Waals surface area contributed by atoms with E-state index in [2.05, 4.69) is 31.2 Å². The van der Waals surface area contributed by atoms with E-state index in [1.807, 2.05) is 31.2 Å². The number of benzene rings is 2.